The van der Waals surface area contributed by atoms with Crippen molar-refractivity contribution >= 4 is 33.3 Å². The van der Waals surface area contributed by atoms with E-state index in [0.29, 0.717) is 0 Å². The van der Waals surface area contributed by atoms with Crippen LogP contribution >= 0.6 is 23.1 Å². The van der Waals surface area contributed by atoms with Gasteiger partial charge >= 0.3 is 0 Å². The molecule has 2 aromatic carbocycles. The van der Waals surface area contributed by atoms with Gasteiger partial charge in [0.25, 0.3) is 0 Å². The molecule has 0 aliphatic rings. The molecule has 124 valence electrons. The monoisotopic (exact) mass is 364 g/mol. The summed E-state index contributed by atoms with van der Waals surface area (Å²) in [4.78, 5) is 10.0. The molecule has 0 bridgehead atoms. The smallest absolute Gasteiger partial charge is 0.128 e. The topological polar surface area (TPSA) is 35.0 Å². The van der Waals surface area contributed by atoms with Crippen molar-refractivity contribution < 1.29 is 4.74 Å². The summed E-state index contributed by atoms with van der Waals surface area (Å²) in [6.07, 6.45) is 1.66. The Kier molecular flexibility index (Phi) is 4.68. The largest absolute Gasteiger partial charge is 0.497 e. The minimum absolute atomic E-state index is 0.861. The molecule has 0 fully saturated rings. The minimum atomic E-state index is 0.861. The number of benzene rings is 2. The molecule has 5 heteroatoms. The lowest BCUT2D eigenvalue weighted by Gasteiger charge is -2.06. The Morgan fingerprint density at radius 1 is 1.00 bits per heavy atom. The Labute approximate surface area is 154 Å². The van der Waals surface area contributed by atoms with Crippen LogP contribution in [0.15, 0.2) is 71.3 Å². The SMILES string of the molecule is COc1ccc(CSc2ncnc3scc(-c4ccccc4)c23)cc1. The third kappa shape index (κ3) is 3.38. The van der Waals surface area contributed by atoms with Crippen molar-refractivity contribution in [1.29, 1.82) is 0 Å². The first-order valence-electron chi connectivity index (χ1n) is 7.88. The van der Waals surface area contributed by atoms with Gasteiger partial charge in [-0.1, -0.05) is 42.5 Å². The van der Waals surface area contributed by atoms with E-state index in [9.17, 15) is 0 Å². The highest BCUT2D eigenvalue weighted by atomic mass is 32.2. The van der Waals surface area contributed by atoms with Crippen molar-refractivity contribution in [2.45, 2.75) is 10.8 Å². The van der Waals surface area contributed by atoms with Crippen LogP contribution in [-0.4, -0.2) is 17.1 Å². The van der Waals surface area contributed by atoms with Gasteiger partial charge in [-0.25, -0.2) is 9.97 Å². The number of hydrogen-bond donors (Lipinski definition) is 0. The van der Waals surface area contributed by atoms with Gasteiger partial charge in [-0.15, -0.1) is 23.1 Å². The molecule has 25 heavy (non-hydrogen) atoms. The molecule has 0 spiro atoms. The maximum absolute atomic E-state index is 5.22. The van der Waals surface area contributed by atoms with E-state index in [4.69, 9.17) is 4.74 Å². The van der Waals surface area contributed by atoms with Gasteiger partial charge in [-0.05, 0) is 23.3 Å². The van der Waals surface area contributed by atoms with Gasteiger partial charge in [0.15, 0.2) is 0 Å². The van der Waals surface area contributed by atoms with Gasteiger partial charge in [0.2, 0.25) is 0 Å². The number of nitrogens with zero attached hydrogens (tertiary/aromatic N) is 2. The molecule has 2 aromatic heterocycles. The highest BCUT2D eigenvalue weighted by Crippen LogP contribution is 2.38. The van der Waals surface area contributed by atoms with Crippen LogP contribution in [0.25, 0.3) is 21.3 Å². The molecule has 3 nitrogen and oxygen atoms in total. The summed E-state index contributed by atoms with van der Waals surface area (Å²) in [6, 6.07) is 18.6. The molecule has 0 radical (unpaired) electrons. The van der Waals surface area contributed by atoms with Crippen molar-refractivity contribution in [2.75, 3.05) is 7.11 Å². The Balaban J connectivity index is 1.66. The summed E-state index contributed by atoms with van der Waals surface area (Å²) in [7, 11) is 1.68. The lowest BCUT2D eigenvalue weighted by Crippen LogP contribution is -1.88. The van der Waals surface area contributed by atoms with Gasteiger partial charge in [-0.3, -0.25) is 0 Å². The number of aromatic nitrogens is 2. The second kappa shape index (κ2) is 7.25. The zero-order valence-electron chi connectivity index (χ0n) is 13.7. The zero-order chi connectivity index (χ0) is 17.1. The average molecular weight is 364 g/mol. The molecule has 0 aliphatic carbocycles. The molecule has 0 unspecified atom stereocenters. The fraction of sp³-hybridized carbons (Fsp3) is 0.100. The zero-order valence-corrected chi connectivity index (χ0v) is 15.3. The predicted molar refractivity (Wildman–Crippen MR) is 105 cm³/mol. The van der Waals surface area contributed by atoms with E-state index in [1.165, 1.54) is 16.7 Å². The molecule has 0 saturated heterocycles. The van der Waals surface area contributed by atoms with E-state index in [-0.39, 0.29) is 0 Å². The fourth-order valence-electron chi connectivity index (χ4n) is 2.66. The molecule has 2 heterocycles. The Bertz CT molecular complexity index is 982. The van der Waals surface area contributed by atoms with E-state index in [2.05, 4.69) is 51.7 Å². The molecular weight excluding hydrogens is 348 g/mol. The van der Waals surface area contributed by atoms with Crippen LogP contribution in [0.5, 0.6) is 5.75 Å². The van der Waals surface area contributed by atoms with E-state index < -0.39 is 0 Å². The van der Waals surface area contributed by atoms with Crippen molar-refractivity contribution in [2.24, 2.45) is 0 Å². The van der Waals surface area contributed by atoms with E-state index in [1.807, 2.05) is 18.2 Å². The maximum Gasteiger partial charge on any atom is 0.128 e. The summed E-state index contributed by atoms with van der Waals surface area (Å²) in [5.41, 5.74) is 3.65. The first kappa shape index (κ1) is 16.1. The number of thiophene rings is 1. The second-order valence-electron chi connectivity index (χ2n) is 5.51. The number of methoxy groups -OCH3 is 1. The highest BCUT2D eigenvalue weighted by Gasteiger charge is 2.13. The lowest BCUT2D eigenvalue weighted by molar-refractivity contribution is 0.414. The number of ether oxygens (including phenoxy) is 1. The lowest BCUT2D eigenvalue weighted by atomic mass is 10.1. The summed E-state index contributed by atoms with van der Waals surface area (Å²) in [5.74, 6) is 1.74. The van der Waals surface area contributed by atoms with Crippen LogP contribution in [0, 0.1) is 0 Å². The molecule has 0 saturated carbocycles. The molecule has 0 atom stereocenters. The number of hydrogen-bond acceptors (Lipinski definition) is 5. The summed E-state index contributed by atoms with van der Waals surface area (Å²) < 4.78 is 5.22. The first-order valence-corrected chi connectivity index (χ1v) is 9.75. The standard InChI is InChI=1S/C20H16N2OS2/c1-23-16-9-7-14(8-10-16)11-24-19-18-17(15-5-3-2-4-6-15)12-25-20(18)22-13-21-19/h2-10,12-13H,11H2,1H3. The number of rotatable bonds is 5. The Hall–Kier alpha value is -2.37. The molecule has 0 amide bonds. The van der Waals surface area contributed by atoms with Crippen LogP contribution in [0.3, 0.4) is 0 Å². The van der Waals surface area contributed by atoms with Crippen molar-refractivity contribution in [3.8, 4) is 16.9 Å². The number of fused-ring (bicyclic) bond motifs is 1. The number of thioether (sulfide) groups is 1. The Morgan fingerprint density at radius 2 is 1.80 bits per heavy atom. The predicted octanol–water partition coefficient (Wildman–Crippen LogP) is 5.66. The second-order valence-corrected chi connectivity index (χ2v) is 7.33. The van der Waals surface area contributed by atoms with Crippen molar-refractivity contribution in [1.82, 2.24) is 9.97 Å². The molecule has 4 rings (SSSR count). The van der Waals surface area contributed by atoms with Crippen LogP contribution in [0.1, 0.15) is 5.56 Å². The van der Waals surface area contributed by atoms with Crippen LogP contribution in [0.2, 0.25) is 0 Å². The Morgan fingerprint density at radius 3 is 2.56 bits per heavy atom. The van der Waals surface area contributed by atoms with Crippen molar-refractivity contribution in [3.05, 3.63) is 71.9 Å². The quantitative estimate of drug-likeness (QED) is 0.338. The average Bonchev–Trinajstić information content (AvgIpc) is 3.12. The van der Waals surface area contributed by atoms with Gasteiger partial charge in [0.05, 0.1) is 12.5 Å². The van der Waals surface area contributed by atoms with E-state index >= 15 is 0 Å². The van der Waals surface area contributed by atoms with Crippen molar-refractivity contribution in [3.63, 3.8) is 0 Å². The third-order valence-electron chi connectivity index (χ3n) is 3.95. The maximum atomic E-state index is 5.22. The van der Waals surface area contributed by atoms with E-state index in [0.717, 1.165) is 26.7 Å². The van der Waals surface area contributed by atoms with Gasteiger partial charge in [0.1, 0.15) is 21.9 Å². The van der Waals surface area contributed by atoms with Gasteiger partial charge in [0, 0.05) is 16.7 Å². The van der Waals surface area contributed by atoms with Crippen LogP contribution in [0.4, 0.5) is 0 Å². The van der Waals surface area contributed by atoms with Crippen LogP contribution in [-0.2, 0) is 5.75 Å². The minimum Gasteiger partial charge on any atom is -0.497 e. The molecule has 4 aromatic rings. The summed E-state index contributed by atoms with van der Waals surface area (Å²) in [5, 5.41) is 4.35. The summed E-state index contributed by atoms with van der Waals surface area (Å²) in [6.45, 7) is 0. The molecular formula is C20H16N2OS2. The molecule has 0 aliphatic heterocycles. The normalized spacial score (nSPS) is 10.9. The fourth-order valence-corrected chi connectivity index (χ4v) is 4.61. The van der Waals surface area contributed by atoms with Gasteiger partial charge in [-0.2, -0.15) is 0 Å². The molecule has 0 N–H and O–H groups in total. The van der Waals surface area contributed by atoms with Crippen LogP contribution < -0.4 is 4.74 Å². The highest BCUT2D eigenvalue weighted by molar-refractivity contribution is 7.98. The third-order valence-corrected chi connectivity index (χ3v) is 5.90. The summed E-state index contributed by atoms with van der Waals surface area (Å²) >= 11 is 3.41. The first-order chi connectivity index (χ1) is 12.3. The van der Waals surface area contributed by atoms with Gasteiger partial charge < -0.3 is 4.74 Å². The van der Waals surface area contributed by atoms with E-state index in [1.54, 1.807) is 36.5 Å².